The minimum absolute atomic E-state index is 0.0712. The Bertz CT molecular complexity index is 623. The normalized spacial score (nSPS) is 13.2. The van der Waals surface area contributed by atoms with Crippen molar-refractivity contribution < 1.29 is 8.42 Å². The molecular weight excluding hydrogens is 268 g/mol. The first-order valence-corrected chi connectivity index (χ1v) is 6.95. The van der Waals surface area contributed by atoms with E-state index in [0.717, 1.165) is 5.56 Å². The molecule has 2 aromatic rings. The van der Waals surface area contributed by atoms with Crippen molar-refractivity contribution in [2.24, 2.45) is 5.84 Å². The first-order chi connectivity index (χ1) is 9.03. The van der Waals surface area contributed by atoms with Crippen LogP contribution in [0.15, 0.2) is 35.6 Å². The van der Waals surface area contributed by atoms with Crippen LogP contribution >= 0.6 is 0 Å². The van der Waals surface area contributed by atoms with E-state index in [0.29, 0.717) is 5.82 Å². The molecule has 0 fully saturated rings. The molecule has 8 nitrogen and oxygen atoms in total. The number of aromatic nitrogens is 3. The molecule has 9 heteroatoms. The lowest BCUT2D eigenvalue weighted by molar-refractivity contribution is 0.566. The highest BCUT2D eigenvalue weighted by atomic mass is 32.2. The maximum atomic E-state index is 12.1. The number of nitrogens with one attached hydrogen (secondary N) is 3. The zero-order valence-corrected chi connectivity index (χ0v) is 11.0. The number of hydrazine groups is 1. The predicted molar refractivity (Wildman–Crippen MR) is 69.4 cm³/mol. The lowest BCUT2D eigenvalue weighted by Crippen LogP contribution is -2.26. The molecule has 2 rings (SSSR count). The van der Waals surface area contributed by atoms with Gasteiger partial charge in [0, 0.05) is 24.0 Å². The largest absolute Gasteiger partial charge is 0.308 e. The van der Waals surface area contributed by atoms with Gasteiger partial charge in [0.15, 0.2) is 0 Å². The molecule has 2 aromatic heterocycles. The molecule has 0 bridgehead atoms. The van der Waals surface area contributed by atoms with E-state index in [1.807, 2.05) is 0 Å². The van der Waals surface area contributed by atoms with E-state index in [4.69, 9.17) is 5.84 Å². The van der Waals surface area contributed by atoms with Crippen molar-refractivity contribution in [2.45, 2.75) is 17.9 Å². The van der Waals surface area contributed by atoms with Gasteiger partial charge in [0.2, 0.25) is 10.0 Å². The van der Waals surface area contributed by atoms with Crippen molar-refractivity contribution in [1.82, 2.24) is 19.9 Å². The molecule has 5 N–H and O–H groups in total. The number of nitrogens with two attached hydrogens (primary N) is 1. The van der Waals surface area contributed by atoms with Gasteiger partial charge in [-0.05, 0) is 19.1 Å². The van der Waals surface area contributed by atoms with E-state index in [9.17, 15) is 8.42 Å². The van der Waals surface area contributed by atoms with Gasteiger partial charge in [-0.3, -0.25) is 5.10 Å². The summed E-state index contributed by atoms with van der Waals surface area (Å²) in [7, 11) is -3.63. The zero-order valence-electron chi connectivity index (χ0n) is 10.2. The van der Waals surface area contributed by atoms with Crippen molar-refractivity contribution in [2.75, 3.05) is 5.43 Å². The topological polar surface area (TPSA) is 126 Å². The average Bonchev–Trinajstić information content (AvgIpc) is 2.92. The summed E-state index contributed by atoms with van der Waals surface area (Å²) in [4.78, 5) is 3.93. The van der Waals surface area contributed by atoms with Gasteiger partial charge in [0.25, 0.3) is 0 Å². The molecule has 0 amide bonds. The Morgan fingerprint density at radius 1 is 1.37 bits per heavy atom. The Labute approximate surface area is 110 Å². The number of sulfonamides is 1. The Morgan fingerprint density at radius 2 is 2.16 bits per heavy atom. The van der Waals surface area contributed by atoms with Crippen LogP contribution in [0.5, 0.6) is 0 Å². The highest BCUT2D eigenvalue weighted by Gasteiger charge is 2.19. The number of nitrogens with zero attached hydrogens (tertiary/aromatic N) is 2. The molecule has 0 aromatic carbocycles. The third kappa shape index (κ3) is 3.08. The average molecular weight is 282 g/mol. The van der Waals surface area contributed by atoms with Gasteiger partial charge < -0.3 is 5.43 Å². The molecular formula is C10H14N6O2S. The van der Waals surface area contributed by atoms with E-state index >= 15 is 0 Å². The second kappa shape index (κ2) is 5.34. The number of anilines is 1. The quantitative estimate of drug-likeness (QED) is 0.456. The van der Waals surface area contributed by atoms with Crippen molar-refractivity contribution in [3.63, 3.8) is 0 Å². The second-order valence-electron chi connectivity index (χ2n) is 3.90. The van der Waals surface area contributed by atoms with Gasteiger partial charge in [-0.1, -0.05) is 0 Å². The van der Waals surface area contributed by atoms with E-state index in [-0.39, 0.29) is 4.90 Å². The van der Waals surface area contributed by atoms with Crippen LogP contribution in [0, 0.1) is 0 Å². The van der Waals surface area contributed by atoms with Gasteiger partial charge >= 0.3 is 0 Å². The fourth-order valence-electron chi connectivity index (χ4n) is 1.49. The van der Waals surface area contributed by atoms with Crippen LogP contribution in [0.3, 0.4) is 0 Å². The van der Waals surface area contributed by atoms with Crippen LogP contribution in [0.2, 0.25) is 0 Å². The number of aromatic amines is 1. The molecule has 0 aliphatic rings. The SMILES string of the molecule is CC(NS(=O)(=O)c1ccc(NN)nc1)c1cn[nH]c1. The molecule has 19 heavy (non-hydrogen) atoms. The minimum Gasteiger partial charge on any atom is -0.308 e. The fraction of sp³-hybridized carbons (Fsp3) is 0.200. The van der Waals surface area contributed by atoms with Crippen LogP contribution in [0.25, 0.3) is 0 Å². The van der Waals surface area contributed by atoms with Crippen molar-refractivity contribution in [3.8, 4) is 0 Å². The van der Waals surface area contributed by atoms with Crippen LogP contribution in [0.4, 0.5) is 5.82 Å². The summed E-state index contributed by atoms with van der Waals surface area (Å²) in [5.41, 5.74) is 3.08. The van der Waals surface area contributed by atoms with Crippen molar-refractivity contribution >= 4 is 15.8 Å². The van der Waals surface area contributed by atoms with Gasteiger partial charge in [0.05, 0.1) is 6.20 Å². The molecule has 0 aliphatic heterocycles. The van der Waals surface area contributed by atoms with Crippen molar-refractivity contribution in [1.29, 1.82) is 0 Å². The standard InChI is InChI=1S/C10H14N6O2S/c1-7(8-4-13-14-5-8)16-19(17,18)9-2-3-10(15-11)12-6-9/h2-7,16H,11H2,1H3,(H,12,15)(H,13,14). The summed E-state index contributed by atoms with van der Waals surface area (Å²) in [5.74, 6) is 5.56. The number of nitrogen functional groups attached to an aromatic ring is 1. The molecule has 1 atom stereocenters. The Hall–Kier alpha value is -1.97. The minimum atomic E-state index is -3.63. The number of hydrogen-bond donors (Lipinski definition) is 4. The number of pyridine rings is 1. The monoisotopic (exact) mass is 282 g/mol. The summed E-state index contributed by atoms with van der Waals surface area (Å²) in [6.45, 7) is 1.73. The van der Waals surface area contributed by atoms with Crippen molar-refractivity contribution in [3.05, 3.63) is 36.3 Å². The second-order valence-corrected chi connectivity index (χ2v) is 5.61. The third-order valence-corrected chi connectivity index (χ3v) is 4.07. The van der Waals surface area contributed by atoms with Crippen LogP contribution in [-0.4, -0.2) is 23.6 Å². The summed E-state index contributed by atoms with van der Waals surface area (Å²) >= 11 is 0. The Kier molecular flexibility index (Phi) is 3.79. The molecule has 0 radical (unpaired) electrons. The molecule has 1 unspecified atom stereocenters. The lowest BCUT2D eigenvalue weighted by atomic mass is 10.2. The zero-order chi connectivity index (χ0) is 13.9. The predicted octanol–water partition coefficient (Wildman–Crippen LogP) is 0.130. The van der Waals surface area contributed by atoms with Gasteiger partial charge in [-0.2, -0.15) is 5.10 Å². The maximum absolute atomic E-state index is 12.1. The maximum Gasteiger partial charge on any atom is 0.242 e. The molecule has 2 heterocycles. The van der Waals surface area contributed by atoms with E-state index in [1.165, 1.54) is 18.3 Å². The smallest absolute Gasteiger partial charge is 0.242 e. The van der Waals surface area contributed by atoms with Crippen LogP contribution in [0.1, 0.15) is 18.5 Å². The highest BCUT2D eigenvalue weighted by Crippen LogP contribution is 2.15. The first kappa shape index (κ1) is 13.5. The van der Waals surface area contributed by atoms with E-state index < -0.39 is 16.1 Å². The molecule has 102 valence electrons. The number of hydrogen-bond acceptors (Lipinski definition) is 6. The summed E-state index contributed by atoms with van der Waals surface area (Å²) in [5, 5.41) is 6.41. The summed E-state index contributed by atoms with van der Waals surface area (Å²) in [6.07, 6.45) is 4.43. The molecule has 0 spiro atoms. The Morgan fingerprint density at radius 3 is 2.68 bits per heavy atom. The van der Waals surface area contributed by atoms with Crippen LogP contribution < -0.4 is 16.0 Å². The summed E-state index contributed by atoms with van der Waals surface area (Å²) < 4.78 is 26.7. The van der Waals surface area contributed by atoms with Gasteiger partial charge in [0.1, 0.15) is 10.7 Å². The van der Waals surface area contributed by atoms with E-state index in [1.54, 1.807) is 19.3 Å². The third-order valence-electron chi connectivity index (χ3n) is 2.55. The lowest BCUT2D eigenvalue weighted by Gasteiger charge is -2.12. The van der Waals surface area contributed by atoms with Gasteiger partial charge in [-0.25, -0.2) is 24.0 Å². The summed E-state index contributed by atoms with van der Waals surface area (Å²) in [6, 6.07) is 2.51. The van der Waals surface area contributed by atoms with Crippen LogP contribution in [-0.2, 0) is 10.0 Å². The molecule has 0 saturated carbocycles. The van der Waals surface area contributed by atoms with E-state index in [2.05, 4.69) is 25.3 Å². The number of H-pyrrole nitrogens is 1. The highest BCUT2D eigenvalue weighted by molar-refractivity contribution is 7.89. The molecule has 0 saturated heterocycles. The fourth-order valence-corrected chi connectivity index (χ4v) is 2.67. The first-order valence-electron chi connectivity index (χ1n) is 5.46. The molecule has 0 aliphatic carbocycles. The Balaban J connectivity index is 2.17. The number of rotatable bonds is 5. The van der Waals surface area contributed by atoms with Gasteiger partial charge in [-0.15, -0.1) is 0 Å².